The number of rotatable bonds is 17. The van der Waals surface area contributed by atoms with Gasteiger partial charge in [-0.15, -0.1) is 0 Å². The fourth-order valence-electron chi connectivity index (χ4n) is 5.66. The summed E-state index contributed by atoms with van der Waals surface area (Å²) in [6, 6.07) is 3.39. The molecule has 4 nitrogen and oxygen atoms in total. The lowest BCUT2D eigenvalue weighted by Crippen LogP contribution is -2.42. The first-order valence-electron chi connectivity index (χ1n) is 16.3. The van der Waals surface area contributed by atoms with E-state index in [-0.39, 0.29) is 22.7 Å². The van der Waals surface area contributed by atoms with Gasteiger partial charge >= 0.3 is 0 Å². The van der Waals surface area contributed by atoms with Gasteiger partial charge in [-0.25, -0.2) is 0 Å². The Bertz CT molecular complexity index is 933. The number of hydrogen-bond donors (Lipinski definition) is 0. The summed E-state index contributed by atoms with van der Waals surface area (Å²) in [5.74, 6) is 6.96. The number of hydrogen-bond acceptors (Lipinski definition) is 4. The summed E-state index contributed by atoms with van der Waals surface area (Å²) in [7, 11) is -5.59. The highest BCUT2D eigenvalue weighted by Crippen LogP contribution is 2.46. The van der Waals surface area contributed by atoms with Crippen molar-refractivity contribution in [2.24, 2.45) is 5.92 Å². The molecule has 0 radical (unpaired) electrons. The Morgan fingerprint density at radius 3 is 2.07 bits per heavy atom. The third-order valence-corrected chi connectivity index (χ3v) is 19.4. The fraction of sp³-hybridized carbons (Fsp3) is 0.794. The van der Waals surface area contributed by atoms with Crippen LogP contribution in [0.3, 0.4) is 0 Å². The molecule has 1 aliphatic rings. The minimum absolute atomic E-state index is 0.0892. The van der Waals surface area contributed by atoms with Crippen molar-refractivity contribution < 1.29 is 18.1 Å². The molecule has 1 rings (SSSR count). The largest absolute Gasteiger partial charge is 0.546 e. The molecule has 3 atom stereocenters. The molecule has 41 heavy (non-hydrogen) atoms. The molecule has 3 unspecified atom stereocenters. The van der Waals surface area contributed by atoms with E-state index in [1.165, 1.54) is 18.4 Å². The molecule has 0 heterocycles. The molecule has 0 bridgehead atoms. The summed E-state index contributed by atoms with van der Waals surface area (Å²) in [6.07, 6.45) is 12.2. The third kappa shape index (κ3) is 11.9. The second kappa shape index (κ2) is 16.2. The van der Waals surface area contributed by atoms with Crippen LogP contribution in [-0.2, 0) is 18.1 Å². The Morgan fingerprint density at radius 1 is 0.976 bits per heavy atom. The van der Waals surface area contributed by atoms with Gasteiger partial charge in [0, 0.05) is 18.8 Å². The standard InChI is InChI=1S/C34H64O4Si3/c1-14-18-25-34(8,38-39(9,10)11)26-22-24-30-29(23-20-19-21-27-35)31(36-40(12,13)33(5,6)7)28-32(30)37-41(15-2,16-3)17-4/h22,24,27,30,32H,14-18,20,23,25-26,28H2,1-13H3/b24-22+. The fourth-order valence-corrected chi connectivity index (χ4v) is 11.3. The second-order valence-electron chi connectivity index (χ2n) is 14.8. The van der Waals surface area contributed by atoms with Crippen molar-refractivity contribution in [1.29, 1.82) is 0 Å². The van der Waals surface area contributed by atoms with E-state index in [4.69, 9.17) is 13.3 Å². The molecule has 0 aromatic heterocycles. The van der Waals surface area contributed by atoms with Gasteiger partial charge in [-0.2, -0.15) is 0 Å². The van der Waals surface area contributed by atoms with Gasteiger partial charge in [-0.3, -0.25) is 4.79 Å². The van der Waals surface area contributed by atoms with Crippen LogP contribution >= 0.6 is 0 Å². The van der Waals surface area contributed by atoms with Gasteiger partial charge in [0.15, 0.2) is 22.9 Å². The van der Waals surface area contributed by atoms with Crippen molar-refractivity contribution in [3.05, 3.63) is 23.5 Å². The van der Waals surface area contributed by atoms with Crippen LogP contribution in [0.1, 0.15) is 100 Å². The van der Waals surface area contributed by atoms with Crippen molar-refractivity contribution in [1.82, 2.24) is 0 Å². The number of aldehydes is 1. The highest BCUT2D eigenvalue weighted by molar-refractivity contribution is 6.74. The van der Waals surface area contributed by atoms with Crippen molar-refractivity contribution in [3.8, 4) is 11.8 Å². The van der Waals surface area contributed by atoms with Crippen LogP contribution in [0.25, 0.3) is 0 Å². The molecule has 0 saturated heterocycles. The summed E-state index contributed by atoms with van der Waals surface area (Å²) in [5.41, 5.74) is 1.17. The lowest BCUT2D eigenvalue weighted by molar-refractivity contribution is -0.103. The first-order valence-corrected chi connectivity index (χ1v) is 25.1. The summed E-state index contributed by atoms with van der Waals surface area (Å²) in [6.45, 7) is 29.9. The van der Waals surface area contributed by atoms with E-state index in [0.717, 1.165) is 49.6 Å². The number of carbonyl (C=O) groups excluding carboxylic acids is 1. The van der Waals surface area contributed by atoms with Crippen molar-refractivity contribution in [2.75, 3.05) is 0 Å². The Kier molecular flexibility index (Phi) is 15.1. The Morgan fingerprint density at radius 2 is 1.59 bits per heavy atom. The lowest BCUT2D eigenvalue weighted by Gasteiger charge is -2.37. The Labute approximate surface area is 257 Å². The highest BCUT2D eigenvalue weighted by atomic mass is 28.4. The third-order valence-electron chi connectivity index (χ3n) is 9.25. The molecule has 0 aliphatic heterocycles. The maximum Gasteiger partial charge on any atom is 0.250 e. The van der Waals surface area contributed by atoms with Crippen LogP contribution < -0.4 is 0 Å². The zero-order chi connectivity index (χ0) is 31.5. The topological polar surface area (TPSA) is 44.8 Å². The van der Waals surface area contributed by atoms with Crippen LogP contribution in [0.5, 0.6) is 0 Å². The van der Waals surface area contributed by atoms with E-state index in [1.54, 1.807) is 0 Å². The molecule has 1 aliphatic carbocycles. The molecule has 0 N–H and O–H groups in total. The van der Waals surface area contributed by atoms with E-state index in [1.807, 2.05) is 0 Å². The van der Waals surface area contributed by atoms with Crippen LogP contribution in [0.4, 0.5) is 0 Å². The first-order chi connectivity index (χ1) is 18.9. The summed E-state index contributed by atoms with van der Waals surface area (Å²) >= 11 is 0. The quantitative estimate of drug-likeness (QED) is 0.0702. The normalized spacial score (nSPS) is 20.2. The molecule has 0 aromatic rings. The van der Waals surface area contributed by atoms with Crippen molar-refractivity contribution >= 4 is 31.2 Å². The average Bonchev–Trinajstić information content (AvgIpc) is 3.16. The molecule has 0 amide bonds. The monoisotopic (exact) mass is 620 g/mol. The van der Waals surface area contributed by atoms with E-state index >= 15 is 0 Å². The van der Waals surface area contributed by atoms with Gasteiger partial charge in [0.25, 0.3) is 0 Å². The van der Waals surface area contributed by atoms with E-state index < -0.39 is 25.0 Å². The van der Waals surface area contributed by atoms with Gasteiger partial charge in [0.1, 0.15) is 0 Å². The molecular weight excluding hydrogens is 557 g/mol. The summed E-state index contributed by atoms with van der Waals surface area (Å²) in [5, 5.41) is 0.108. The Hall–Kier alpha value is -0.919. The van der Waals surface area contributed by atoms with Crippen LogP contribution in [0.2, 0.25) is 55.9 Å². The molecule has 0 saturated carbocycles. The molecule has 0 aromatic carbocycles. The van der Waals surface area contributed by atoms with Gasteiger partial charge in [-0.05, 0) is 93.6 Å². The molecule has 0 spiro atoms. The zero-order valence-electron chi connectivity index (χ0n) is 29.1. The number of carbonyl (C=O) groups is 1. The van der Waals surface area contributed by atoms with Crippen LogP contribution in [0.15, 0.2) is 23.5 Å². The van der Waals surface area contributed by atoms with Gasteiger partial charge in [0.2, 0.25) is 8.32 Å². The van der Waals surface area contributed by atoms with Crippen LogP contribution in [0, 0.1) is 17.8 Å². The molecule has 236 valence electrons. The number of unbranched alkanes of at least 4 members (excludes halogenated alkanes) is 1. The average molecular weight is 621 g/mol. The van der Waals surface area contributed by atoms with Gasteiger partial charge < -0.3 is 13.3 Å². The zero-order valence-corrected chi connectivity index (χ0v) is 32.1. The van der Waals surface area contributed by atoms with Crippen molar-refractivity contribution in [3.63, 3.8) is 0 Å². The van der Waals surface area contributed by atoms with E-state index in [2.05, 4.69) is 112 Å². The SMILES string of the molecule is CCCCC(C)(C/C=C/C1C(CCC#CC=O)=C(O[Si](C)(C)C(C)(C)C)CC1O[Si](CC)(CC)CC)O[Si](C)(C)C. The van der Waals surface area contributed by atoms with Gasteiger partial charge in [-0.1, -0.05) is 79.4 Å². The first kappa shape index (κ1) is 38.1. The maximum absolute atomic E-state index is 10.9. The predicted molar refractivity (Wildman–Crippen MR) is 185 cm³/mol. The summed E-state index contributed by atoms with van der Waals surface area (Å²) in [4.78, 5) is 10.9. The predicted octanol–water partition coefficient (Wildman–Crippen LogP) is 10.4. The lowest BCUT2D eigenvalue weighted by atomic mass is 9.91. The van der Waals surface area contributed by atoms with E-state index in [9.17, 15) is 4.79 Å². The highest BCUT2D eigenvalue weighted by Gasteiger charge is 2.45. The van der Waals surface area contributed by atoms with Crippen LogP contribution in [-0.4, -0.2) is 42.9 Å². The summed E-state index contributed by atoms with van der Waals surface area (Å²) < 4.78 is 21.1. The second-order valence-corrected chi connectivity index (χ2v) is 28.7. The van der Waals surface area contributed by atoms with Crippen molar-refractivity contribution in [2.45, 2.75) is 168 Å². The molecule has 0 fully saturated rings. The molecule has 7 heteroatoms. The molecular formula is C34H64O4Si3. The maximum atomic E-state index is 10.9. The van der Waals surface area contributed by atoms with E-state index in [0.29, 0.717) is 12.7 Å². The minimum atomic E-state index is -2.05. The van der Waals surface area contributed by atoms with Gasteiger partial charge in [0.05, 0.1) is 17.5 Å². The Balaban J connectivity index is 3.58. The minimum Gasteiger partial charge on any atom is -0.546 e. The smallest absolute Gasteiger partial charge is 0.250 e.